The van der Waals surface area contributed by atoms with Crippen LogP contribution in [0.2, 0.25) is 0 Å². The van der Waals surface area contributed by atoms with Crippen LogP contribution in [0.1, 0.15) is 53.7 Å². The molecule has 1 amide bonds. The fraction of sp³-hybridized carbons (Fsp3) is 0.500. The van der Waals surface area contributed by atoms with E-state index in [1.807, 2.05) is 18.9 Å². The summed E-state index contributed by atoms with van der Waals surface area (Å²) in [5.41, 5.74) is 2.42. The molecule has 2 aromatic rings. The standard InChI is InChI=1S/C22H28FN3O3/c1-4-29-21(27)13-19(16-5-7-18(23)8-6-16)17-9-11-26(12-10-17)22(28)20-14-24-25(3)15(20)2/h5-8,14,17,19H,4,9-13H2,1-3H3. The third-order valence-corrected chi connectivity index (χ3v) is 5.85. The van der Waals surface area contributed by atoms with Crippen LogP contribution in [-0.4, -0.2) is 46.3 Å². The maximum atomic E-state index is 13.4. The second-order valence-corrected chi connectivity index (χ2v) is 7.56. The Hall–Kier alpha value is -2.70. The Labute approximate surface area is 170 Å². The number of hydrogen-bond acceptors (Lipinski definition) is 4. The lowest BCUT2D eigenvalue weighted by Crippen LogP contribution is -2.40. The van der Waals surface area contributed by atoms with Crippen molar-refractivity contribution >= 4 is 11.9 Å². The maximum Gasteiger partial charge on any atom is 0.306 e. The molecular weight excluding hydrogens is 373 g/mol. The lowest BCUT2D eigenvalue weighted by molar-refractivity contribution is -0.144. The third-order valence-electron chi connectivity index (χ3n) is 5.85. The first kappa shape index (κ1) is 21.0. The number of amides is 1. The fourth-order valence-corrected chi connectivity index (χ4v) is 4.05. The molecule has 6 nitrogen and oxygen atoms in total. The molecule has 1 aliphatic rings. The van der Waals surface area contributed by atoms with Gasteiger partial charge in [0.15, 0.2) is 0 Å². The molecule has 1 atom stereocenters. The highest BCUT2D eigenvalue weighted by Gasteiger charge is 2.32. The van der Waals surface area contributed by atoms with E-state index in [1.54, 1.807) is 29.9 Å². The summed E-state index contributed by atoms with van der Waals surface area (Å²) in [6, 6.07) is 6.35. The van der Waals surface area contributed by atoms with Crippen LogP contribution in [0.25, 0.3) is 0 Å². The number of carbonyl (C=O) groups excluding carboxylic acids is 2. The van der Waals surface area contributed by atoms with E-state index >= 15 is 0 Å². The van der Waals surface area contributed by atoms with Gasteiger partial charge in [-0.1, -0.05) is 12.1 Å². The SMILES string of the molecule is CCOC(=O)CC(c1ccc(F)cc1)C1CCN(C(=O)c2cnn(C)c2C)CC1. The molecule has 0 saturated carbocycles. The quantitative estimate of drug-likeness (QED) is 0.696. The zero-order valence-corrected chi connectivity index (χ0v) is 17.2. The molecule has 3 rings (SSSR count). The van der Waals surface area contributed by atoms with Gasteiger partial charge in [0.05, 0.1) is 24.8 Å². The minimum Gasteiger partial charge on any atom is -0.466 e. The summed E-state index contributed by atoms with van der Waals surface area (Å²) in [5.74, 6) is -0.365. The highest BCUT2D eigenvalue weighted by atomic mass is 19.1. The van der Waals surface area contributed by atoms with Crippen LogP contribution in [0, 0.1) is 18.7 Å². The number of piperidine rings is 1. The monoisotopic (exact) mass is 401 g/mol. The molecule has 1 aromatic carbocycles. The van der Waals surface area contributed by atoms with Gasteiger partial charge in [0.1, 0.15) is 5.82 Å². The normalized spacial score (nSPS) is 15.9. The molecule has 0 aliphatic carbocycles. The third kappa shape index (κ3) is 4.83. The van der Waals surface area contributed by atoms with Gasteiger partial charge in [-0.2, -0.15) is 5.10 Å². The highest BCUT2D eigenvalue weighted by Crippen LogP contribution is 2.36. The van der Waals surface area contributed by atoms with Gasteiger partial charge >= 0.3 is 5.97 Å². The number of carbonyl (C=O) groups is 2. The number of hydrogen-bond donors (Lipinski definition) is 0. The van der Waals surface area contributed by atoms with Crippen LogP contribution >= 0.6 is 0 Å². The molecule has 7 heteroatoms. The first-order valence-electron chi connectivity index (χ1n) is 10.1. The fourth-order valence-electron chi connectivity index (χ4n) is 4.05. The molecular formula is C22H28FN3O3. The van der Waals surface area contributed by atoms with Crippen LogP contribution in [-0.2, 0) is 16.6 Å². The summed E-state index contributed by atoms with van der Waals surface area (Å²) in [6.07, 6.45) is 3.45. The Balaban J connectivity index is 1.70. The zero-order chi connectivity index (χ0) is 21.0. The van der Waals surface area contributed by atoms with Gasteiger partial charge in [0.2, 0.25) is 0 Å². The predicted octanol–water partition coefficient (Wildman–Crippen LogP) is 3.46. The summed E-state index contributed by atoms with van der Waals surface area (Å²) in [7, 11) is 1.82. The number of likely N-dealkylation sites (tertiary alicyclic amines) is 1. The number of aryl methyl sites for hydroxylation is 1. The van der Waals surface area contributed by atoms with Crippen LogP contribution in [0.3, 0.4) is 0 Å². The lowest BCUT2D eigenvalue weighted by Gasteiger charge is -2.36. The number of benzene rings is 1. The number of aromatic nitrogens is 2. The van der Waals surface area contributed by atoms with Gasteiger partial charge < -0.3 is 9.64 Å². The van der Waals surface area contributed by atoms with E-state index in [0.717, 1.165) is 24.1 Å². The summed E-state index contributed by atoms with van der Waals surface area (Å²) in [5, 5.41) is 4.16. The Kier molecular flexibility index (Phi) is 6.67. The number of esters is 1. The van der Waals surface area contributed by atoms with E-state index in [0.29, 0.717) is 25.3 Å². The average Bonchev–Trinajstić information content (AvgIpc) is 3.05. The molecule has 1 unspecified atom stereocenters. The topological polar surface area (TPSA) is 64.4 Å². The van der Waals surface area contributed by atoms with Crippen molar-refractivity contribution in [2.75, 3.05) is 19.7 Å². The van der Waals surface area contributed by atoms with Crippen molar-refractivity contribution in [1.29, 1.82) is 0 Å². The number of halogens is 1. The van der Waals surface area contributed by atoms with Gasteiger partial charge in [-0.05, 0) is 56.2 Å². The summed E-state index contributed by atoms with van der Waals surface area (Å²) >= 11 is 0. The van der Waals surface area contributed by atoms with Gasteiger partial charge in [0.25, 0.3) is 5.91 Å². The zero-order valence-electron chi connectivity index (χ0n) is 17.2. The van der Waals surface area contributed by atoms with Crippen molar-refractivity contribution in [3.63, 3.8) is 0 Å². The second-order valence-electron chi connectivity index (χ2n) is 7.56. The van der Waals surface area contributed by atoms with Gasteiger partial charge in [-0.25, -0.2) is 4.39 Å². The molecule has 0 spiro atoms. The largest absolute Gasteiger partial charge is 0.466 e. The number of nitrogens with zero attached hydrogens (tertiary/aromatic N) is 3. The highest BCUT2D eigenvalue weighted by molar-refractivity contribution is 5.95. The van der Waals surface area contributed by atoms with Crippen molar-refractivity contribution in [3.8, 4) is 0 Å². The Morgan fingerprint density at radius 2 is 1.90 bits per heavy atom. The first-order valence-corrected chi connectivity index (χ1v) is 10.1. The Morgan fingerprint density at radius 1 is 1.24 bits per heavy atom. The summed E-state index contributed by atoms with van der Waals surface area (Å²) < 4.78 is 20.2. The molecule has 0 N–H and O–H groups in total. The molecule has 0 bridgehead atoms. The molecule has 156 valence electrons. The van der Waals surface area contributed by atoms with Crippen molar-refractivity contribution in [3.05, 3.63) is 53.1 Å². The molecule has 2 heterocycles. The number of ether oxygens (including phenoxy) is 1. The number of rotatable bonds is 6. The van der Waals surface area contributed by atoms with Crippen LogP contribution in [0.5, 0.6) is 0 Å². The maximum absolute atomic E-state index is 13.4. The van der Waals surface area contributed by atoms with Crippen molar-refractivity contribution in [2.24, 2.45) is 13.0 Å². The Bertz CT molecular complexity index is 855. The van der Waals surface area contributed by atoms with Crippen LogP contribution in [0.4, 0.5) is 4.39 Å². The van der Waals surface area contributed by atoms with E-state index in [1.165, 1.54) is 12.1 Å². The van der Waals surface area contributed by atoms with Gasteiger partial charge in [0, 0.05) is 25.8 Å². The van der Waals surface area contributed by atoms with E-state index < -0.39 is 0 Å². The Morgan fingerprint density at radius 3 is 2.45 bits per heavy atom. The van der Waals surface area contributed by atoms with E-state index in [9.17, 15) is 14.0 Å². The molecule has 1 aliphatic heterocycles. The average molecular weight is 401 g/mol. The van der Waals surface area contributed by atoms with E-state index in [2.05, 4.69) is 5.10 Å². The van der Waals surface area contributed by atoms with Crippen molar-refractivity contribution < 1.29 is 18.7 Å². The smallest absolute Gasteiger partial charge is 0.306 e. The van der Waals surface area contributed by atoms with E-state index in [4.69, 9.17) is 4.74 Å². The van der Waals surface area contributed by atoms with Crippen molar-refractivity contribution in [1.82, 2.24) is 14.7 Å². The second kappa shape index (κ2) is 9.20. The lowest BCUT2D eigenvalue weighted by atomic mass is 9.78. The molecule has 0 radical (unpaired) electrons. The summed E-state index contributed by atoms with van der Waals surface area (Å²) in [6.45, 7) is 5.26. The summed E-state index contributed by atoms with van der Waals surface area (Å²) in [4.78, 5) is 26.9. The first-order chi connectivity index (χ1) is 13.9. The van der Waals surface area contributed by atoms with E-state index in [-0.39, 0.29) is 36.0 Å². The minimum atomic E-state index is -0.295. The van der Waals surface area contributed by atoms with Crippen LogP contribution < -0.4 is 0 Å². The molecule has 29 heavy (non-hydrogen) atoms. The van der Waals surface area contributed by atoms with Crippen molar-refractivity contribution in [2.45, 2.75) is 39.0 Å². The van der Waals surface area contributed by atoms with Gasteiger partial charge in [-0.3, -0.25) is 14.3 Å². The van der Waals surface area contributed by atoms with Gasteiger partial charge in [-0.15, -0.1) is 0 Å². The minimum absolute atomic E-state index is 0.00206. The molecule has 1 saturated heterocycles. The van der Waals surface area contributed by atoms with Crippen LogP contribution in [0.15, 0.2) is 30.5 Å². The predicted molar refractivity (Wildman–Crippen MR) is 107 cm³/mol. The molecule has 1 aromatic heterocycles. The molecule has 1 fully saturated rings.